The van der Waals surface area contributed by atoms with E-state index in [9.17, 15) is 0 Å². The summed E-state index contributed by atoms with van der Waals surface area (Å²) in [4.78, 5) is 9.04. The first-order valence-electron chi connectivity index (χ1n) is 10.8. The number of fused-ring (bicyclic) bond motifs is 1. The molecular weight excluding hydrogens is 416 g/mol. The molecule has 7 heteroatoms. The minimum Gasteiger partial charge on any atom is -0.307 e. The largest absolute Gasteiger partial charge is 0.307 e. The number of para-hydroxylation sites is 1. The fraction of sp³-hybridized carbons (Fsp3) is 0.200. The van der Waals surface area contributed by atoms with Crippen LogP contribution < -0.4 is 0 Å². The van der Waals surface area contributed by atoms with E-state index in [-0.39, 0.29) is 0 Å². The molecule has 0 fully saturated rings. The monoisotopic (exact) mass is 440 g/mol. The average Bonchev–Trinajstić information content (AvgIpc) is 3.46. The van der Waals surface area contributed by atoms with Gasteiger partial charge in [0.1, 0.15) is 5.65 Å². The summed E-state index contributed by atoms with van der Waals surface area (Å²) in [5, 5.41) is 10.1. The van der Waals surface area contributed by atoms with Crippen molar-refractivity contribution in [3.8, 4) is 17.1 Å². The Balaban J connectivity index is 1.60. The highest BCUT2D eigenvalue weighted by Crippen LogP contribution is 2.33. The zero-order valence-corrected chi connectivity index (χ0v) is 19.0. The van der Waals surface area contributed by atoms with E-state index in [4.69, 9.17) is 4.98 Å². The molecule has 0 spiro atoms. The zero-order chi connectivity index (χ0) is 21.9. The van der Waals surface area contributed by atoms with Gasteiger partial charge in [0.15, 0.2) is 11.0 Å². The van der Waals surface area contributed by atoms with E-state index in [0.29, 0.717) is 5.75 Å². The number of rotatable bonds is 7. The Labute approximate surface area is 191 Å². The summed E-state index contributed by atoms with van der Waals surface area (Å²) in [6.45, 7) is 4.38. The van der Waals surface area contributed by atoms with E-state index >= 15 is 0 Å². The predicted octanol–water partition coefficient (Wildman–Crippen LogP) is 5.39. The number of hydrogen-bond acceptors (Lipinski definition) is 5. The van der Waals surface area contributed by atoms with Gasteiger partial charge in [-0.3, -0.25) is 9.55 Å². The van der Waals surface area contributed by atoms with E-state index in [1.165, 1.54) is 16.8 Å². The van der Waals surface area contributed by atoms with Crippen molar-refractivity contribution in [3.05, 3.63) is 90.1 Å². The SMILES string of the molecule is CCc1cccc(CC)c1-n1c(SCc2cn3ccccc3n2)nnc1-c1cccnc1. The number of aromatic nitrogens is 6. The standard InChI is InChI=1S/C25H24N6S/c1-3-18-9-7-10-19(4-2)23(18)31-24(20-11-8-13-26-15-20)28-29-25(31)32-17-21-16-30-14-6-5-12-22(30)27-21/h5-16H,3-4,17H2,1-2H3. The summed E-state index contributed by atoms with van der Waals surface area (Å²) in [5.74, 6) is 1.52. The first-order valence-corrected chi connectivity index (χ1v) is 11.8. The first-order chi connectivity index (χ1) is 15.8. The molecule has 0 saturated carbocycles. The maximum atomic E-state index is 4.74. The fourth-order valence-electron chi connectivity index (χ4n) is 3.94. The van der Waals surface area contributed by atoms with Crippen LogP contribution in [-0.2, 0) is 18.6 Å². The van der Waals surface area contributed by atoms with Crippen molar-refractivity contribution in [2.24, 2.45) is 0 Å². The Morgan fingerprint density at radius 2 is 1.75 bits per heavy atom. The van der Waals surface area contributed by atoms with Gasteiger partial charge >= 0.3 is 0 Å². The summed E-state index contributed by atoms with van der Waals surface area (Å²) in [6, 6.07) is 16.5. The number of pyridine rings is 2. The van der Waals surface area contributed by atoms with Crippen molar-refractivity contribution >= 4 is 17.4 Å². The molecule has 0 saturated heterocycles. The smallest absolute Gasteiger partial charge is 0.196 e. The van der Waals surface area contributed by atoms with E-state index in [0.717, 1.165) is 40.7 Å². The Morgan fingerprint density at radius 1 is 0.906 bits per heavy atom. The van der Waals surface area contributed by atoms with Crippen LogP contribution in [0.3, 0.4) is 0 Å². The van der Waals surface area contributed by atoms with Crippen molar-refractivity contribution in [1.29, 1.82) is 0 Å². The minimum atomic E-state index is 0.711. The normalized spacial score (nSPS) is 11.3. The average molecular weight is 441 g/mol. The maximum Gasteiger partial charge on any atom is 0.196 e. The second-order valence-electron chi connectivity index (χ2n) is 7.50. The first kappa shape index (κ1) is 20.5. The van der Waals surface area contributed by atoms with Crippen LogP contribution in [0.25, 0.3) is 22.7 Å². The molecule has 6 nitrogen and oxygen atoms in total. The molecule has 0 N–H and O–H groups in total. The van der Waals surface area contributed by atoms with Gasteiger partial charge in [0.25, 0.3) is 0 Å². The minimum absolute atomic E-state index is 0.711. The number of aryl methyl sites for hydroxylation is 2. The summed E-state index contributed by atoms with van der Waals surface area (Å²) in [5.41, 5.74) is 6.66. The highest BCUT2D eigenvalue weighted by molar-refractivity contribution is 7.98. The molecule has 0 aliphatic heterocycles. The molecule has 1 aromatic carbocycles. The van der Waals surface area contributed by atoms with Crippen molar-refractivity contribution in [2.75, 3.05) is 0 Å². The lowest BCUT2D eigenvalue weighted by Gasteiger charge is -2.17. The molecule has 0 aliphatic carbocycles. The lowest BCUT2D eigenvalue weighted by atomic mass is 10.0. The predicted molar refractivity (Wildman–Crippen MR) is 128 cm³/mol. The molecule has 0 radical (unpaired) electrons. The summed E-state index contributed by atoms with van der Waals surface area (Å²) in [6.07, 6.45) is 9.58. The molecule has 5 aromatic rings. The second kappa shape index (κ2) is 8.96. The van der Waals surface area contributed by atoms with Crippen LogP contribution in [0.2, 0.25) is 0 Å². The van der Waals surface area contributed by atoms with E-state index < -0.39 is 0 Å². The molecule has 0 atom stereocenters. The molecule has 32 heavy (non-hydrogen) atoms. The van der Waals surface area contributed by atoms with Gasteiger partial charge in [-0.1, -0.05) is 49.9 Å². The van der Waals surface area contributed by atoms with Gasteiger partial charge in [0.2, 0.25) is 0 Å². The quantitative estimate of drug-likeness (QED) is 0.317. The number of benzene rings is 1. The molecule has 0 amide bonds. The Kier molecular flexibility index (Phi) is 5.73. The van der Waals surface area contributed by atoms with Crippen LogP contribution in [0.1, 0.15) is 30.7 Å². The number of hydrogen-bond donors (Lipinski definition) is 0. The van der Waals surface area contributed by atoms with Gasteiger partial charge in [-0.05, 0) is 48.2 Å². The van der Waals surface area contributed by atoms with E-state index in [1.54, 1.807) is 18.0 Å². The zero-order valence-electron chi connectivity index (χ0n) is 18.1. The third-order valence-corrected chi connectivity index (χ3v) is 6.47. The van der Waals surface area contributed by atoms with Gasteiger partial charge in [-0.2, -0.15) is 0 Å². The third-order valence-electron chi connectivity index (χ3n) is 5.50. The molecule has 4 heterocycles. The van der Waals surface area contributed by atoms with Crippen molar-refractivity contribution in [2.45, 2.75) is 37.6 Å². The van der Waals surface area contributed by atoms with Gasteiger partial charge in [-0.25, -0.2) is 4.98 Å². The number of thioether (sulfide) groups is 1. The van der Waals surface area contributed by atoms with Crippen LogP contribution in [0.15, 0.2) is 78.5 Å². The molecule has 0 bridgehead atoms. The molecule has 4 aromatic heterocycles. The van der Waals surface area contributed by atoms with Gasteiger partial charge < -0.3 is 4.40 Å². The molecule has 0 unspecified atom stereocenters. The Bertz CT molecular complexity index is 1300. The molecule has 160 valence electrons. The number of nitrogens with zero attached hydrogens (tertiary/aromatic N) is 6. The lowest BCUT2D eigenvalue weighted by Crippen LogP contribution is -2.07. The van der Waals surface area contributed by atoms with Crippen LogP contribution in [0.5, 0.6) is 0 Å². The summed E-state index contributed by atoms with van der Waals surface area (Å²) in [7, 11) is 0. The van der Waals surface area contributed by atoms with Crippen LogP contribution in [0, 0.1) is 0 Å². The van der Waals surface area contributed by atoms with Crippen molar-refractivity contribution in [1.82, 2.24) is 29.1 Å². The number of imidazole rings is 1. The highest BCUT2D eigenvalue weighted by atomic mass is 32.2. The summed E-state index contributed by atoms with van der Waals surface area (Å²) < 4.78 is 4.25. The lowest BCUT2D eigenvalue weighted by molar-refractivity contribution is 0.857. The van der Waals surface area contributed by atoms with Gasteiger partial charge in [-0.15, -0.1) is 10.2 Å². The van der Waals surface area contributed by atoms with Crippen molar-refractivity contribution in [3.63, 3.8) is 0 Å². The van der Waals surface area contributed by atoms with Crippen LogP contribution in [0.4, 0.5) is 0 Å². The summed E-state index contributed by atoms with van der Waals surface area (Å²) >= 11 is 1.66. The van der Waals surface area contributed by atoms with Gasteiger partial charge in [0, 0.05) is 36.1 Å². The molecule has 5 rings (SSSR count). The molecular formula is C25H24N6S. The Morgan fingerprint density at radius 3 is 2.47 bits per heavy atom. The molecule has 0 aliphatic rings. The fourth-order valence-corrected chi connectivity index (χ4v) is 4.77. The highest BCUT2D eigenvalue weighted by Gasteiger charge is 2.20. The maximum absolute atomic E-state index is 4.74. The van der Waals surface area contributed by atoms with E-state index in [2.05, 4.69) is 58.0 Å². The third kappa shape index (κ3) is 3.80. The second-order valence-corrected chi connectivity index (χ2v) is 8.44. The van der Waals surface area contributed by atoms with Crippen LogP contribution in [-0.4, -0.2) is 29.1 Å². The van der Waals surface area contributed by atoms with Gasteiger partial charge in [0.05, 0.1) is 11.4 Å². The van der Waals surface area contributed by atoms with Crippen molar-refractivity contribution < 1.29 is 0 Å². The Hall–Kier alpha value is -3.45. The van der Waals surface area contributed by atoms with Crippen LogP contribution >= 0.6 is 11.8 Å². The van der Waals surface area contributed by atoms with E-state index in [1.807, 2.05) is 47.1 Å². The topological polar surface area (TPSA) is 60.9 Å².